The summed E-state index contributed by atoms with van der Waals surface area (Å²) in [6, 6.07) is 13.2. The van der Waals surface area contributed by atoms with Gasteiger partial charge in [-0.1, -0.05) is 30.3 Å². The van der Waals surface area contributed by atoms with Gasteiger partial charge in [0.1, 0.15) is 17.4 Å². The predicted molar refractivity (Wildman–Crippen MR) is 97.6 cm³/mol. The summed E-state index contributed by atoms with van der Waals surface area (Å²) in [5, 5.41) is 12.9. The molecule has 26 heavy (non-hydrogen) atoms. The molecular weight excluding hydrogens is 353 g/mol. The van der Waals surface area contributed by atoms with E-state index in [1.165, 1.54) is 22.8 Å². The number of H-pyrrole nitrogens is 1. The predicted octanol–water partition coefficient (Wildman–Crippen LogP) is 1.95. The summed E-state index contributed by atoms with van der Waals surface area (Å²) < 4.78 is 15.0. The molecule has 1 aliphatic rings. The van der Waals surface area contributed by atoms with Gasteiger partial charge < -0.3 is 10.4 Å². The second-order valence-electron chi connectivity index (χ2n) is 6.26. The van der Waals surface area contributed by atoms with Crippen molar-refractivity contribution in [2.45, 2.75) is 12.5 Å². The number of hydrogen-bond acceptors (Lipinski definition) is 3. The van der Waals surface area contributed by atoms with Crippen molar-refractivity contribution in [3.63, 3.8) is 0 Å². The number of nitrogens with two attached hydrogens (primary N) is 1. The van der Waals surface area contributed by atoms with Gasteiger partial charge in [-0.25, -0.2) is 4.39 Å². The van der Waals surface area contributed by atoms with E-state index < -0.39 is 11.4 Å². The van der Waals surface area contributed by atoms with E-state index in [-0.39, 0.29) is 22.3 Å². The quantitative estimate of drug-likeness (QED) is 0.604. The fourth-order valence-corrected chi connectivity index (χ4v) is 3.83. The fourth-order valence-electron chi connectivity index (χ4n) is 3.54. The van der Waals surface area contributed by atoms with E-state index in [0.29, 0.717) is 5.69 Å². The van der Waals surface area contributed by atoms with Gasteiger partial charge >= 0.3 is 0 Å². The summed E-state index contributed by atoms with van der Waals surface area (Å²) >= 11 is 5.21. The van der Waals surface area contributed by atoms with Gasteiger partial charge in [0, 0.05) is 12.0 Å². The molecule has 5 nitrogen and oxygen atoms in total. The lowest BCUT2D eigenvalue weighted by atomic mass is 9.90. The molecule has 0 bridgehead atoms. The van der Waals surface area contributed by atoms with Crippen LogP contribution in [-0.4, -0.2) is 21.2 Å². The Morgan fingerprint density at radius 1 is 1.23 bits per heavy atom. The van der Waals surface area contributed by atoms with E-state index in [4.69, 9.17) is 12.2 Å². The molecule has 2 heterocycles. The van der Waals surface area contributed by atoms with Crippen molar-refractivity contribution in [3.8, 4) is 11.6 Å². The van der Waals surface area contributed by atoms with Crippen molar-refractivity contribution in [2.75, 3.05) is 6.54 Å². The Hall–Kier alpha value is -2.77. The lowest BCUT2D eigenvalue weighted by Gasteiger charge is -2.24. The molecule has 0 saturated heterocycles. The lowest BCUT2D eigenvalue weighted by molar-refractivity contribution is -0.690. The molecule has 1 atom stereocenters. The third-order valence-corrected chi connectivity index (χ3v) is 4.99. The Morgan fingerprint density at radius 3 is 2.85 bits per heavy atom. The van der Waals surface area contributed by atoms with Crippen molar-refractivity contribution < 1.29 is 14.8 Å². The van der Waals surface area contributed by atoms with E-state index in [0.717, 1.165) is 24.1 Å². The van der Waals surface area contributed by atoms with Crippen molar-refractivity contribution >= 4 is 12.2 Å². The minimum Gasteiger partial charge on any atom is -0.494 e. The first-order chi connectivity index (χ1) is 12.6. The normalized spacial score (nSPS) is 16.3. The molecule has 0 radical (unpaired) electrons. The van der Waals surface area contributed by atoms with E-state index in [1.54, 1.807) is 6.07 Å². The molecule has 132 valence electrons. The first-order valence-electron chi connectivity index (χ1n) is 8.31. The van der Waals surface area contributed by atoms with Crippen LogP contribution in [0, 0.1) is 10.6 Å². The second kappa shape index (κ2) is 6.51. The number of aromatic nitrogens is 2. The first-order valence-corrected chi connectivity index (χ1v) is 8.72. The summed E-state index contributed by atoms with van der Waals surface area (Å²) in [5.41, 5.74) is 2.28. The highest BCUT2D eigenvalue weighted by atomic mass is 32.1. The van der Waals surface area contributed by atoms with Crippen LogP contribution in [0.2, 0.25) is 0 Å². The maximum absolute atomic E-state index is 13.6. The van der Waals surface area contributed by atoms with Crippen LogP contribution in [0.4, 0.5) is 4.39 Å². The molecule has 4 N–H and O–H groups in total. The van der Waals surface area contributed by atoms with Gasteiger partial charge in [0.2, 0.25) is 5.88 Å². The van der Waals surface area contributed by atoms with Crippen molar-refractivity contribution in [1.82, 2.24) is 9.55 Å². The number of halogens is 1. The number of benzene rings is 2. The van der Waals surface area contributed by atoms with Crippen LogP contribution < -0.4 is 10.9 Å². The number of nitrogens with one attached hydrogen (secondary N) is 1. The van der Waals surface area contributed by atoms with Gasteiger partial charge in [-0.3, -0.25) is 14.3 Å². The van der Waals surface area contributed by atoms with Gasteiger partial charge in [0.15, 0.2) is 4.77 Å². The molecular formula is C19H17FN3O2S+. The number of aromatic hydroxyl groups is 1. The molecule has 3 aromatic rings. The Kier molecular flexibility index (Phi) is 4.18. The summed E-state index contributed by atoms with van der Waals surface area (Å²) in [6.45, 7) is 0.802. The number of nitrogens with zero attached hydrogens (tertiary/aromatic N) is 1. The average molecular weight is 370 g/mol. The Labute approximate surface area is 153 Å². The third-order valence-electron chi connectivity index (χ3n) is 4.70. The first kappa shape index (κ1) is 16.7. The molecule has 0 fully saturated rings. The maximum Gasteiger partial charge on any atom is 0.265 e. The summed E-state index contributed by atoms with van der Waals surface area (Å²) in [5.74, 6) is -0.714. The molecule has 7 heteroatoms. The highest BCUT2D eigenvalue weighted by molar-refractivity contribution is 7.71. The van der Waals surface area contributed by atoms with Crippen LogP contribution in [0.25, 0.3) is 5.69 Å². The monoisotopic (exact) mass is 370 g/mol. The average Bonchev–Trinajstić information content (AvgIpc) is 2.61. The topological polar surface area (TPSA) is 74.6 Å². The number of quaternary nitrogens is 1. The molecule has 0 amide bonds. The van der Waals surface area contributed by atoms with Crippen molar-refractivity contribution in [2.24, 2.45) is 0 Å². The standard InChI is InChI=1S/C19H16FN3O2S/c20-12-5-3-6-13(10-12)23-18(25)15(17(24)22-19(23)26)16-14-7-2-1-4-11(14)8-9-21-16/h1-7,10,16,21,25H,8-9H2,(H,22,24,26)/p+1/t16-/m0/s1. The van der Waals surface area contributed by atoms with Gasteiger partial charge in [0.25, 0.3) is 5.56 Å². The molecule has 2 aromatic carbocycles. The Bertz CT molecular complexity index is 1110. The molecule has 0 unspecified atom stereocenters. The van der Waals surface area contributed by atoms with Crippen LogP contribution in [-0.2, 0) is 6.42 Å². The molecule has 0 spiro atoms. The summed E-state index contributed by atoms with van der Waals surface area (Å²) in [7, 11) is 0. The molecule has 4 rings (SSSR count). The SMILES string of the molecule is O=c1[nH]c(=S)n(-c2cccc(F)c2)c(O)c1[C@H]1[NH2+]CCc2ccccc21. The zero-order valence-electron chi connectivity index (χ0n) is 13.8. The maximum atomic E-state index is 13.6. The minimum atomic E-state index is -0.453. The number of hydrogen-bond donors (Lipinski definition) is 3. The fraction of sp³-hybridized carbons (Fsp3) is 0.158. The van der Waals surface area contributed by atoms with Crippen LogP contribution >= 0.6 is 12.2 Å². The minimum absolute atomic E-state index is 0.0194. The third kappa shape index (κ3) is 2.75. The number of rotatable bonds is 2. The summed E-state index contributed by atoms with van der Waals surface area (Å²) in [4.78, 5) is 15.2. The Balaban J connectivity index is 1.96. The van der Waals surface area contributed by atoms with E-state index in [2.05, 4.69) is 4.98 Å². The molecule has 1 aliphatic heterocycles. The number of aromatic amines is 1. The van der Waals surface area contributed by atoms with Gasteiger partial charge in [-0.2, -0.15) is 0 Å². The second-order valence-corrected chi connectivity index (χ2v) is 6.65. The lowest BCUT2D eigenvalue weighted by Crippen LogP contribution is -2.87. The molecule has 1 aromatic heterocycles. The highest BCUT2D eigenvalue weighted by Gasteiger charge is 2.31. The highest BCUT2D eigenvalue weighted by Crippen LogP contribution is 2.29. The van der Waals surface area contributed by atoms with E-state index in [9.17, 15) is 14.3 Å². The van der Waals surface area contributed by atoms with Crippen LogP contribution in [0.1, 0.15) is 22.7 Å². The van der Waals surface area contributed by atoms with E-state index in [1.807, 2.05) is 29.6 Å². The van der Waals surface area contributed by atoms with Gasteiger partial charge in [-0.15, -0.1) is 0 Å². The van der Waals surface area contributed by atoms with Gasteiger partial charge in [-0.05, 0) is 36.0 Å². The number of fused-ring (bicyclic) bond motifs is 1. The van der Waals surface area contributed by atoms with Crippen LogP contribution in [0.5, 0.6) is 5.88 Å². The van der Waals surface area contributed by atoms with Crippen LogP contribution in [0.3, 0.4) is 0 Å². The smallest absolute Gasteiger partial charge is 0.265 e. The summed E-state index contributed by atoms with van der Waals surface area (Å²) in [6.07, 6.45) is 0.897. The largest absolute Gasteiger partial charge is 0.494 e. The van der Waals surface area contributed by atoms with Gasteiger partial charge in [0.05, 0.1) is 12.2 Å². The molecule has 0 saturated carbocycles. The zero-order valence-corrected chi connectivity index (χ0v) is 14.6. The van der Waals surface area contributed by atoms with E-state index >= 15 is 0 Å². The van der Waals surface area contributed by atoms with Crippen LogP contribution in [0.15, 0.2) is 53.3 Å². The van der Waals surface area contributed by atoms with Crippen molar-refractivity contribution in [3.05, 3.63) is 86.2 Å². The Morgan fingerprint density at radius 2 is 2.04 bits per heavy atom. The molecule has 0 aliphatic carbocycles. The zero-order chi connectivity index (χ0) is 18.3. The van der Waals surface area contributed by atoms with Crippen molar-refractivity contribution in [1.29, 1.82) is 0 Å².